The summed E-state index contributed by atoms with van der Waals surface area (Å²) in [6.07, 6.45) is 2.54. The number of aromatic nitrogens is 4. The molecule has 2 N–H and O–H groups in total. The molecule has 0 aliphatic rings. The Balaban J connectivity index is 0.000000352. The molecule has 26 heavy (non-hydrogen) atoms. The maximum Gasteiger partial charge on any atom is 0.446 e. The summed E-state index contributed by atoms with van der Waals surface area (Å²) < 4.78 is 33.2. The van der Waals surface area contributed by atoms with Gasteiger partial charge in [0.25, 0.3) is 0 Å². The predicted molar refractivity (Wildman–Crippen MR) is 90.5 cm³/mol. The van der Waals surface area contributed by atoms with Gasteiger partial charge in [-0.2, -0.15) is 18.3 Å². The highest BCUT2D eigenvalue weighted by atomic mass is 19.4. The van der Waals surface area contributed by atoms with E-state index in [0.717, 1.165) is 22.2 Å². The van der Waals surface area contributed by atoms with E-state index in [4.69, 9.17) is 9.90 Å². The molecule has 0 unspecified atom stereocenters. The van der Waals surface area contributed by atoms with Crippen LogP contribution in [0.2, 0.25) is 0 Å². The van der Waals surface area contributed by atoms with Gasteiger partial charge in [0, 0.05) is 36.1 Å². The molecule has 6 nitrogen and oxygen atoms in total. The summed E-state index contributed by atoms with van der Waals surface area (Å²) in [5.41, 5.74) is 2.85. The van der Waals surface area contributed by atoms with Crippen molar-refractivity contribution in [3.05, 3.63) is 36.9 Å². The number of nitrogens with one attached hydrogen (secondary N) is 1. The van der Waals surface area contributed by atoms with Crippen molar-refractivity contribution in [3.8, 4) is 11.1 Å². The summed E-state index contributed by atoms with van der Waals surface area (Å²) in [7, 11) is 0. The molecule has 0 aliphatic heterocycles. The number of carbonyl (C=O) groups is 1. The Hall–Kier alpha value is -2.68. The molecule has 3 heterocycles. The van der Waals surface area contributed by atoms with Gasteiger partial charge in [0.2, 0.25) is 6.29 Å². The molecule has 0 saturated heterocycles. The largest absolute Gasteiger partial charge is 0.446 e. The van der Waals surface area contributed by atoms with E-state index in [1.165, 1.54) is 0 Å². The molecule has 0 radical (unpaired) electrons. The third-order valence-electron chi connectivity index (χ3n) is 3.83. The Bertz CT molecular complexity index is 868. The number of aliphatic hydroxyl groups is 1. The van der Waals surface area contributed by atoms with E-state index < -0.39 is 12.5 Å². The van der Waals surface area contributed by atoms with Gasteiger partial charge in [-0.15, -0.1) is 0 Å². The van der Waals surface area contributed by atoms with E-state index in [9.17, 15) is 13.2 Å². The van der Waals surface area contributed by atoms with Crippen LogP contribution in [0.25, 0.3) is 22.2 Å². The van der Waals surface area contributed by atoms with Gasteiger partial charge >= 0.3 is 6.18 Å². The molecule has 9 heteroatoms. The predicted octanol–water partition coefficient (Wildman–Crippen LogP) is 3.29. The molecular weight excluding hydrogens is 349 g/mol. The lowest BCUT2D eigenvalue weighted by molar-refractivity contribution is -0.156. The molecule has 140 valence electrons. The number of carbonyl (C=O) groups excluding carboxylic acids is 1. The Morgan fingerprint density at radius 1 is 1.31 bits per heavy atom. The zero-order valence-corrected chi connectivity index (χ0v) is 14.3. The van der Waals surface area contributed by atoms with Crippen LogP contribution in [0.4, 0.5) is 13.2 Å². The molecule has 0 atom stereocenters. The average molecular weight is 368 g/mol. The number of nitrogens with zero attached hydrogens (tertiary/aromatic N) is 3. The summed E-state index contributed by atoms with van der Waals surface area (Å²) in [5, 5.41) is 14.7. The van der Waals surface area contributed by atoms with Gasteiger partial charge in [0.15, 0.2) is 0 Å². The molecule has 0 spiro atoms. The van der Waals surface area contributed by atoms with Crippen LogP contribution in [0.5, 0.6) is 0 Å². The van der Waals surface area contributed by atoms with E-state index in [0.29, 0.717) is 6.42 Å². The molecule has 0 fully saturated rings. The number of hydrogen-bond donors (Lipinski definition) is 2. The number of pyridine rings is 1. The maximum atomic E-state index is 10.4. The van der Waals surface area contributed by atoms with Crippen LogP contribution >= 0.6 is 0 Å². The first-order chi connectivity index (χ1) is 12.2. The van der Waals surface area contributed by atoms with E-state index >= 15 is 0 Å². The number of hydrogen-bond acceptors (Lipinski definition) is 4. The fraction of sp³-hybridized carbons (Fsp3) is 0.353. The normalized spacial score (nSPS) is 11.9. The Labute approximate surface area is 147 Å². The Morgan fingerprint density at radius 3 is 2.62 bits per heavy atom. The molecule has 0 aromatic carbocycles. The van der Waals surface area contributed by atoms with Crippen molar-refractivity contribution in [1.29, 1.82) is 0 Å². The van der Waals surface area contributed by atoms with E-state index in [1.807, 2.05) is 35.4 Å². The van der Waals surface area contributed by atoms with Crippen LogP contribution < -0.4 is 0 Å². The summed E-state index contributed by atoms with van der Waals surface area (Å²) in [4.78, 5) is 16.1. The van der Waals surface area contributed by atoms with Crippen molar-refractivity contribution in [2.24, 2.45) is 0 Å². The van der Waals surface area contributed by atoms with Crippen molar-refractivity contribution in [2.75, 3.05) is 6.61 Å². The minimum absolute atomic E-state index is 0.152. The SMILES string of the molecule is CC(C)(CCO)n1cc(-c2ccnc3[nH]ccc23)cn1.O=CC(F)(F)F. The Morgan fingerprint density at radius 2 is 2.00 bits per heavy atom. The number of rotatable bonds is 4. The average Bonchev–Trinajstić information content (AvgIpc) is 3.24. The van der Waals surface area contributed by atoms with Gasteiger partial charge < -0.3 is 10.1 Å². The number of aliphatic hydroxyl groups excluding tert-OH is 1. The van der Waals surface area contributed by atoms with Crippen molar-refractivity contribution < 1.29 is 23.1 Å². The monoisotopic (exact) mass is 368 g/mol. The number of aromatic amines is 1. The van der Waals surface area contributed by atoms with Gasteiger partial charge in [-0.05, 0) is 38.0 Å². The zero-order valence-electron chi connectivity index (χ0n) is 14.3. The van der Waals surface area contributed by atoms with Crippen molar-refractivity contribution >= 4 is 17.3 Å². The number of aldehydes is 1. The third-order valence-corrected chi connectivity index (χ3v) is 3.83. The summed E-state index contributed by atoms with van der Waals surface area (Å²) in [6.45, 7) is 4.29. The quantitative estimate of drug-likeness (QED) is 0.692. The smallest absolute Gasteiger partial charge is 0.396 e. The molecule has 3 aromatic rings. The van der Waals surface area contributed by atoms with Gasteiger partial charge in [-0.1, -0.05) is 0 Å². The van der Waals surface area contributed by atoms with Crippen LogP contribution in [-0.2, 0) is 10.3 Å². The van der Waals surface area contributed by atoms with Crippen LogP contribution in [0.3, 0.4) is 0 Å². The third kappa shape index (κ3) is 4.69. The first-order valence-electron chi connectivity index (χ1n) is 7.79. The molecule has 0 saturated carbocycles. The highest BCUT2D eigenvalue weighted by molar-refractivity contribution is 5.92. The highest BCUT2D eigenvalue weighted by Crippen LogP contribution is 2.28. The van der Waals surface area contributed by atoms with Crippen LogP contribution in [-0.4, -0.2) is 43.9 Å². The van der Waals surface area contributed by atoms with Crippen LogP contribution in [0.1, 0.15) is 20.3 Å². The molecule has 3 aromatic heterocycles. The van der Waals surface area contributed by atoms with Gasteiger partial charge in [-0.25, -0.2) is 4.98 Å². The van der Waals surface area contributed by atoms with Crippen LogP contribution in [0, 0.1) is 0 Å². The number of halogens is 3. The fourth-order valence-corrected chi connectivity index (χ4v) is 2.39. The summed E-state index contributed by atoms with van der Waals surface area (Å²) >= 11 is 0. The lowest BCUT2D eigenvalue weighted by atomic mass is 10.0. The topological polar surface area (TPSA) is 83.8 Å². The van der Waals surface area contributed by atoms with Crippen molar-refractivity contribution in [3.63, 3.8) is 0 Å². The Kier molecular flexibility index (Phi) is 5.81. The lowest BCUT2D eigenvalue weighted by Gasteiger charge is -2.24. The second kappa shape index (κ2) is 7.69. The van der Waals surface area contributed by atoms with Crippen molar-refractivity contribution in [2.45, 2.75) is 32.0 Å². The maximum absolute atomic E-state index is 10.4. The van der Waals surface area contributed by atoms with Gasteiger partial charge in [0.05, 0.1) is 11.7 Å². The number of fused-ring (bicyclic) bond motifs is 1. The highest BCUT2D eigenvalue weighted by Gasteiger charge is 2.25. The van der Waals surface area contributed by atoms with Crippen LogP contribution in [0.15, 0.2) is 36.9 Å². The molecular formula is C17H19F3N4O2. The lowest BCUT2D eigenvalue weighted by Crippen LogP contribution is -2.27. The second-order valence-electron chi connectivity index (χ2n) is 6.22. The molecule has 0 bridgehead atoms. The zero-order chi connectivity index (χ0) is 19.4. The molecule has 0 aliphatic carbocycles. The summed E-state index contributed by atoms with van der Waals surface area (Å²) in [6, 6.07) is 4.02. The first-order valence-corrected chi connectivity index (χ1v) is 7.79. The number of H-pyrrole nitrogens is 1. The standard InChI is InChI=1S/C15H18N4O.C2HF3O/c1-15(2,5-8-20)19-10-11(9-18-19)12-3-6-16-14-13(12)4-7-17-14;3-2(4,5)1-6/h3-4,6-7,9-10,20H,5,8H2,1-2H3,(H,16,17);1H. The minimum Gasteiger partial charge on any atom is -0.396 e. The van der Waals surface area contributed by atoms with Gasteiger partial charge in [-0.3, -0.25) is 9.48 Å². The molecule has 0 amide bonds. The number of alkyl halides is 3. The van der Waals surface area contributed by atoms with E-state index in [1.54, 1.807) is 6.20 Å². The summed E-state index contributed by atoms with van der Waals surface area (Å²) in [5.74, 6) is 0. The second-order valence-corrected chi connectivity index (χ2v) is 6.22. The first kappa shape index (κ1) is 19.6. The minimum atomic E-state index is -4.64. The van der Waals surface area contributed by atoms with E-state index in [2.05, 4.69) is 28.9 Å². The van der Waals surface area contributed by atoms with E-state index in [-0.39, 0.29) is 12.1 Å². The molecule has 3 rings (SSSR count). The van der Waals surface area contributed by atoms with Crippen molar-refractivity contribution in [1.82, 2.24) is 19.7 Å². The van der Waals surface area contributed by atoms with Gasteiger partial charge in [0.1, 0.15) is 5.65 Å². The fourth-order valence-electron chi connectivity index (χ4n) is 2.39.